The molecular weight excluding hydrogens is 428 g/mol. The summed E-state index contributed by atoms with van der Waals surface area (Å²) in [5.74, 6) is 1.52. The number of aryl methyl sites for hydroxylation is 1. The average molecular weight is 465 g/mol. The predicted octanol–water partition coefficient (Wildman–Crippen LogP) is 3.70. The fourth-order valence-electron chi connectivity index (χ4n) is 6.49. The number of aliphatic hydroxyl groups excluding tert-OH is 1. The lowest BCUT2D eigenvalue weighted by Crippen LogP contribution is -2.56. The van der Waals surface area contributed by atoms with Crippen molar-refractivity contribution >= 4 is 22.8 Å². The van der Waals surface area contributed by atoms with E-state index in [4.69, 9.17) is 4.98 Å². The van der Waals surface area contributed by atoms with Crippen LogP contribution in [0.4, 0.5) is 0 Å². The van der Waals surface area contributed by atoms with Crippen molar-refractivity contribution in [3.63, 3.8) is 0 Å². The van der Waals surface area contributed by atoms with E-state index in [1.165, 1.54) is 49.7 Å². The maximum absolute atomic E-state index is 13.6. The van der Waals surface area contributed by atoms with Gasteiger partial charge in [-0.2, -0.15) is 0 Å². The monoisotopic (exact) mass is 464 g/mol. The SMILES string of the molecule is Cn1c(C(=O)N2CCN(C3CCC(O)CC3)C(=O)C2)nc2c(C3CCCC3)cc(C3CC3)cc21. The van der Waals surface area contributed by atoms with E-state index in [2.05, 4.69) is 12.1 Å². The molecule has 3 saturated carbocycles. The molecule has 6 rings (SSSR count). The van der Waals surface area contributed by atoms with Crippen LogP contribution in [-0.2, 0) is 11.8 Å². The Morgan fingerprint density at radius 3 is 2.38 bits per heavy atom. The maximum atomic E-state index is 13.6. The third kappa shape index (κ3) is 3.92. The first kappa shape index (κ1) is 22.1. The number of amides is 2. The third-order valence-electron chi connectivity index (χ3n) is 8.72. The summed E-state index contributed by atoms with van der Waals surface area (Å²) in [4.78, 5) is 35.1. The van der Waals surface area contributed by atoms with Gasteiger partial charge in [0.1, 0.15) is 6.54 Å². The molecule has 1 N–H and O–H groups in total. The summed E-state index contributed by atoms with van der Waals surface area (Å²) in [7, 11) is 1.95. The first-order valence-electron chi connectivity index (χ1n) is 13.3. The summed E-state index contributed by atoms with van der Waals surface area (Å²) in [6.07, 6.45) is 10.4. The molecule has 7 heteroatoms. The third-order valence-corrected chi connectivity index (χ3v) is 8.72. The molecular formula is C27H36N4O3. The number of nitrogens with zero attached hydrogens (tertiary/aromatic N) is 4. The van der Waals surface area contributed by atoms with Gasteiger partial charge in [0.25, 0.3) is 5.91 Å². The molecule has 0 radical (unpaired) electrons. The van der Waals surface area contributed by atoms with Crippen LogP contribution in [-0.4, -0.2) is 68.1 Å². The van der Waals surface area contributed by atoms with Crippen molar-refractivity contribution < 1.29 is 14.7 Å². The number of carbonyl (C=O) groups excluding carboxylic acids is 2. The number of piperazine rings is 1. The molecule has 34 heavy (non-hydrogen) atoms. The van der Waals surface area contributed by atoms with Gasteiger partial charge in [0.15, 0.2) is 5.82 Å². The normalized spacial score (nSPS) is 26.6. The Morgan fingerprint density at radius 1 is 0.971 bits per heavy atom. The number of hydrogen-bond donors (Lipinski definition) is 1. The first-order valence-corrected chi connectivity index (χ1v) is 13.3. The van der Waals surface area contributed by atoms with Gasteiger partial charge in [0.2, 0.25) is 5.91 Å². The number of aromatic nitrogens is 2. The van der Waals surface area contributed by atoms with Gasteiger partial charge in [0.05, 0.1) is 17.1 Å². The highest BCUT2D eigenvalue weighted by atomic mass is 16.3. The average Bonchev–Trinajstić information content (AvgIpc) is 3.45. The van der Waals surface area contributed by atoms with Crippen LogP contribution in [0.1, 0.15) is 97.8 Å². The van der Waals surface area contributed by atoms with Gasteiger partial charge in [-0.05, 0) is 80.4 Å². The number of aliphatic hydroxyl groups is 1. The number of hydrogen-bond acceptors (Lipinski definition) is 4. The molecule has 3 aliphatic carbocycles. The lowest BCUT2D eigenvalue weighted by molar-refractivity contribution is -0.138. The van der Waals surface area contributed by atoms with Gasteiger partial charge in [-0.15, -0.1) is 0 Å². The molecule has 1 aromatic carbocycles. The zero-order valence-corrected chi connectivity index (χ0v) is 20.2. The van der Waals surface area contributed by atoms with Gasteiger partial charge >= 0.3 is 0 Å². The van der Waals surface area contributed by atoms with Crippen LogP contribution in [0.25, 0.3) is 11.0 Å². The molecule has 0 spiro atoms. The zero-order chi connectivity index (χ0) is 23.4. The molecule has 0 bridgehead atoms. The summed E-state index contributed by atoms with van der Waals surface area (Å²) in [6, 6.07) is 4.81. The minimum absolute atomic E-state index is 0.0161. The van der Waals surface area contributed by atoms with Crippen molar-refractivity contribution in [2.45, 2.75) is 88.2 Å². The molecule has 1 saturated heterocycles. The summed E-state index contributed by atoms with van der Waals surface area (Å²) in [5, 5.41) is 9.79. The standard InChI is InChI=1S/C27H36N4O3/c1-29-23-15-19(17-6-7-17)14-22(18-4-2-3-5-18)25(23)28-26(29)27(34)30-12-13-31(24(33)16-30)20-8-10-21(32)11-9-20/h14-15,17-18,20-21,32H,2-13,16H2,1H3. The smallest absolute Gasteiger partial charge is 0.290 e. The van der Waals surface area contributed by atoms with Gasteiger partial charge in [-0.3, -0.25) is 9.59 Å². The van der Waals surface area contributed by atoms with E-state index in [0.717, 1.165) is 36.7 Å². The number of benzene rings is 1. The largest absolute Gasteiger partial charge is 0.393 e. The fraction of sp³-hybridized carbons (Fsp3) is 0.667. The highest BCUT2D eigenvalue weighted by molar-refractivity contribution is 5.98. The molecule has 7 nitrogen and oxygen atoms in total. The van der Waals surface area contributed by atoms with E-state index < -0.39 is 0 Å². The molecule has 2 amide bonds. The highest BCUT2D eigenvalue weighted by Gasteiger charge is 2.35. The van der Waals surface area contributed by atoms with Crippen LogP contribution in [0.5, 0.6) is 0 Å². The minimum atomic E-state index is -0.235. The maximum Gasteiger partial charge on any atom is 0.290 e. The van der Waals surface area contributed by atoms with E-state index in [1.807, 2.05) is 16.5 Å². The number of rotatable bonds is 4. The Labute approximate surface area is 201 Å². The summed E-state index contributed by atoms with van der Waals surface area (Å²) >= 11 is 0. The van der Waals surface area contributed by atoms with Crippen molar-refractivity contribution in [3.05, 3.63) is 29.1 Å². The summed E-state index contributed by atoms with van der Waals surface area (Å²) in [6.45, 7) is 1.22. The Hall–Kier alpha value is -2.41. The van der Waals surface area contributed by atoms with Gasteiger partial charge in [-0.25, -0.2) is 4.98 Å². The molecule has 4 aliphatic rings. The van der Waals surface area contributed by atoms with Gasteiger partial charge in [0, 0.05) is 26.2 Å². The summed E-state index contributed by atoms with van der Waals surface area (Å²) < 4.78 is 1.96. The van der Waals surface area contributed by atoms with Crippen molar-refractivity contribution in [2.24, 2.45) is 7.05 Å². The van der Waals surface area contributed by atoms with Crippen LogP contribution in [0.15, 0.2) is 12.1 Å². The second kappa shape index (κ2) is 8.67. The van der Waals surface area contributed by atoms with E-state index >= 15 is 0 Å². The summed E-state index contributed by atoms with van der Waals surface area (Å²) in [5.41, 5.74) is 4.76. The second-order valence-electron chi connectivity index (χ2n) is 11.0. The zero-order valence-electron chi connectivity index (χ0n) is 20.2. The van der Waals surface area contributed by atoms with Crippen molar-refractivity contribution in [1.82, 2.24) is 19.4 Å². The van der Waals surface area contributed by atoms with E-state index in [9.17, 15) is 14.7 Å². The van der Waals surface area contributed by atoms with Crippen molar-refractivity contribution in [3.8, 4) is 0 Å². The van der Waals surface area contributed by atoms with Crippen LogP contribution >= 0.6 is 0 Å². The molecule has 4 fully saturated rings. The number of carbonyl (C=O) groups is 2. The van der Waals surface area contributed by atoms with E-state index in [1.54, 1.807) is 4.90 Å². The highest BCUT2D eigenvalue weighted by Crippen LogP contribution is 2.45. The molecule has 2 aromatic rings. The Bertz CT molecular complexity index is 1110. The van der Waals surface area contributed by atoms with E-state index in [0.29, 0.717) is 30.7 Å². The molecule has 0 unspecified atom stereocenters. The van der Waals surface area contributed by atoms with Gasteiger partial charge in [-0.1, -0.05) is 18.9 Å². The molecule has 2 heterocycles. The van der Waals surface area contributed by atoms with Crippen LogP contribution < -0.4 is 0 Å². The van der Waals surface area contributed by atoms with Gasteiger partial charge < -0.3 is 19.5 Å². The molecule has 182 valence electrons. The fourth-order valence-corrected chi connectivity index (χ4v) is 6.49. The molecule has 1 aliphatic heterocycles. The van der Waals surface area contributed by atoms with Crippen LogP contribution in [0.2, 0.25) is 0 Å². The number of fused-ring (bicyclic) bond motifs is 1. The lowest BCUT2D eigenvalue weighted by Gasteiger charge is -2.41. The van der Waals surface area contributed by atoms with Crippen molar-refractivity contribution in [1.29, 1.82) is 0 Å². The second-order valence-corrected chi connectivity index (χ2v) is 11.0. The molecule has 1 aromatic heterocycles. The topological polar surface area (TPSA) is 78.7 Å². The quantitative estimate of drug-likeness (QED) is 0.748. The lowest BCUT2D eigenvalue weighted by atomic mass is 9.91. The Balaban J connectivity index is 1.25. The van der Waals surface area contributed by atoms with Crippen LogP contribution in [0, 0.1) is 0 Å². The Morgan fingerprint density at radius 2 is 1.71 bits per heavy atom. The molecule has 0 atom stereocenters. The Kier molecular flexibility index (Phi) is 5.63. The van der Waals surface area contributed by atoms with Crippen molar-refractivity contribution in [2.75, 3.05) is 19.6 Å². The minimum Gasteiger partial charge on any atom is -0.393 e. The number of imidazole rings is 1. The van der Waals surface area contributed by atoms with Crippen LogP contribution in [0.3, 0.4) is 0 Å². The predicted molar refractivity (Wildman–Crippen MR) is 130 cm³/mol. The van der Waals surface area contributed by atoms with E-state index in [-0.39, 0.29) is 30.5 Å². The first-order chi connectivity index (χ1) is 16.5.